The Hall–Kier alpha value is -1.11. The van der Waals surface area contributed by atoms with E-state index >= 15 is 0 Å². The summed E-state index contributed by atoms with van der Waals surface area (Å²) in [6, 6.07) is 4.16. The van der Waals surface area contributed by atoms with E-state index in [1.807, 2.05) is 0 Å². The quantitative estimate of drug-likeness (QED) is 0.440. The van der Waals surface area contributed by atoms with Gasteiger partial charge in [0.25, 0.3) is 0 Å². The number of halogens is 1. The molecule has 1 rings (SSSR count). The Labute approximate surface area is 107 Å². The third-order valence-electron chi connectivity index (χ3n) is 2.42. The lowest BCUT2D eigenvalue weighted by molar-refractivity contribution is 0.105. The highest BCUT2D eigenvalue weighted by molar-refractivity contribution is 6.36. The summed E-state index contributed by atoms with van der Waals surface area (Å²) >= 11 is 0. The summed E-state index contributed by atoms with van der Waals surface area (Å²) in [7, 11) is 0.741. The molecule has 0 bridgehead atoms. The number of anilines is 1. The van der Waals surface area contributed by atoms with Gasteiger partial charge < -0.3 is 19.7 Å². The van der Waals surface area contributed by atoms with Crippen LogP contribution in [-0.4, -0.2) is 21.0 Å². The molecule has 0 aliphatic rings. The van der Waals surface area contributed by atoms with Crippen molar-refractivity contribution in [3.8, 4) is 0 Å². The largest absolute Gasteiger partial charge is 0.639 e. The van der Waals surface area contributed by atoms with E-state index in [9.17, 15) is 4.39 Å². The molecular weight excluding hydrogens is 236 g/mol. The molecule has 0 saturated heterocycles. The number of rotatable bonds is 8. The predicted molar refractivity (Wildman–Crippen MR) is 69.2 cm³/mol. The second-order valence-corrected chi connectivity index (χ2v) is 3.90. The van der Waals surface area contributed by atoms with Crippen LogP contribution in [0.4, 0.5) is 10.1 Å². The zero-order valence-corrected chi connectivity index (χ0v) is 10.8. The van der Waals surface area contributed by atoms with Crippen molar-refractivity contribution in [1.82, 2.24) is 0 Å². The van der Waals surface area contributed by atoms with E-state index < -0.39 is 7.32 Å². The number of unbranched alkanes of at least 4 members (excludes halogenated alkanes) is 1. The summed E-state index contributed by atoms with van der Waals surface area (Å²) in [6.07, 6.45) is 1.97. The first-order chi connectivity index (χ1) is 8.67. The van der Waals surface area contributed by atoms with Crippen LogP contribution < -0.4 is 5.73 Å². The first kappa shape index (κ1) is 15.0. The number of nitrogen functional groups attached to an aromatic ring is 1. The topological polar surface area (TPSA) is 53.7 Å². The second kappa shape index (κ2) is 8.08. The van der Waals surface area contributed by atoms with Gasteiger partial charge in [-0.15, -0.1) is 0 Å². The van der Waals surface area contributed by atoms with Crippen LogP contribution >= 0.6 is 0 Å². The normalized spacial score (nSPS) is 10.6. The van der Waals surface area contributed by atoms with E-state index in [1.54, 1.807) is 0 Å². The molecule has 2 N–H and O–H groups in total. The Balaban J connectivity index is 2.44. The molecule has 0 aliphatic heterocycles. The zero-order chi connectivity index (χ0) is 13.4. The third-order valence-corrected chi connectivity index (χ3v) is 2.42. The Bertz CT molecular complexity index is 365. The van der Waals surface area contributed by atoms with Gasteiger partial charge in [-0.3, -0.25) is 0 Å². The van der Waals surface area contributed by atoms with Crippen molar-refractivity contribution in [2.45, 2.75) is 26.4 Å². The minimum atomic E-state index is -0.751. The van der Waals surface area contributed by atoms with Crippen LogP contribution in [-0.2, 0) is 20.6 Å². The fourth-order valence-corrected chi connectivity index (χ4v) is 1.37. The van der Waals surface area contributed by atoms with Gasteiger partial charge in [0, 0.05) is 25.0 Å². The summed E-state index contributed by atoms with van der Waals surface area (Å²) in [6.45, 7) is 2.78. The summed E-state index contributed by atoms with van der Waals surface area (Å²) < 4.78 is 28.8. The molecule has 0 spiro atoms. The van der Waals surface area contributed by atoms with Crippen LogP contribution in [0.3, 0.4) is 0 Å². The first-order valence-electron chi connectivity index (χ1n) is 5.97. The van der Waals surface area contributed by atoms with Gasteiger partial charge in [0.05, 0.1) is 6.61 Å². The third kappa shape index (κ3) is 5.04. The van der Waals surface area contributed by atoms with Gasteiger partial charge >= 0.3 is 7.32 Å². The molecule has 0 unspecified atom stereocenters. The lowest BCUT2D eigenvalue weighted by Gasteiger charge is -2.13. The van der Waals surface area contributed by atoms with Gasteiger partial charge in [-0.1, -0.05) is 13.3 Å². The van der Waals surface area contributed by atoms with Crippen molar-refractivity contribution in [3.05, 3.63) is 29.6 Å². The predicted octanol–water partition coefficient (Wildman–Crippen LogP) is 2.37. The average molecular weight is 255 g/mol. The Morgan fingerprint density at radius 2 is 2.11 bits per heavy atom. The van der Waals surface area contributed by atoms with Crippen molar-refractivity contribution in [3.63, 3.8) is 0 Å². The fraction of sp³-hybridized carbons (Fsp3) is 0.500. The van der Waals surface area contributed by atoms with Crippen molar-refractivity contribution >= 4 is 13.0 Å². The maximum atomic E-state index is 13.0. The molecule has 100 valence electrons. The molecule has 0 saturated carbocycles. The number of hydrogen-bond donors (Lipinski definition) is 1. The summed E-state index contributed by atoms with van der Waals surface area (Å²) in [5, 5.41) is 0. The van der Waals surface area contributed by atoms with Gasteiger partial charge in [-0.25, -0.2) is 4.39 Å². The smallest absolute Gasteiger partial charge is 0.398 e. The van der Waals surface area contributed by atoms with Crippen LogP contribution in [0, 0.1) is 5.82 Å². The first-order valence-corrected chi connectivity index (χ1v) is 5.97. The summed E-state index contributed by atoms with van der Waals surface area (Å²) in [5.74, 6) is -0.344. The van der Waals surface area contributed by atoms with Crippen LogP contribution in [0.2, 0.25) is 0 Å². The molecule has 0 fully saturated rings. The fourth-order valence-electron chi connectivity index (χ4n) is 1.37. The van der Waals surface area contributed by atoms with Crippen molar-refractivity contribution < 1.29 is 18.4 Å². The molecule has 0 atom stereocenters. The van der Waals surface area contributed by atoms with Crippen molar-refractivity contribution in [1.29, 1.82) is 0 Å². The van der Waals surface area contributed by atoms with Gasteiger partial charge in [0.15, 0.2) is 0 Å². The van der Waals surface area contributed by atoms with E-state index in [4.69, 9.17) is 19.7 Å². The van der Waals surface area contributed by atoms with Crippen molar-refractivity contribution in [2.24, 2.45) is 0 Å². The minimum absolute atomic E-state index is 0.147. The highest BCUT2D eigenvalue weighted by Gasteiger charge is 2.19. The standard InChI is InChI=1S/C12H19BFNO3/c1-3-4-7-17-13(16-2)18-9-10-8-11(14)5-6-12(10)15/h5-6,8H,3-4,7,9,15H2,1-2H3. The minimum Gasteiger partial charge on any atom is -0.398 e. The lowest BCUT2D eigenvalue weighted by atomic mass is 10.1. The number of nitrogens with two attached hydrogens (primary N) is 1. The van der Waals surface area contributed by atoms with E-state index in [0.717, 1.165) is 12.8 Å². The molecule has 1 aromatic rings. The van der Waals surface area contributed by atoms with Gasteiger partial charge in [0.2, 0.25) is 0 Å². The Morgan fingerprint density at radius 3 is 2.78 bits per heavy atom. The highest BCUT2D eigenvalue weighted by Crippen LogP contribution is 2.15. The molecule has 6 heteroatoms. The van der Waals surface area contributed by atoms with E-state index in [-0.39, 0.29) is 12.4 Å². The summed E-state index contributed by atoms with van der Waals surface area (Å²) in [5.41, 5.74) is 6.78. The average Bonchev–Trinajstić information content (AvgIpc) is 2.37. The highest BCUT2D eigenvalue weighted by atomic mass is 19.1. The molecule has 1 aromatic carbocycles. The Morgan fingerprint density at radius 1 is 1.33 bits per heavy atom. The van der Waals surface area contributed by atoms with Crippen LogP contribution in [0.25, 0.3) is 0 Å². The van der Waals surface area contributed by atoms with Crippen LogP contribution in [0.15, 0.2) is 18.2 Å². The molecule has 0 aliphatic carbocycles. The Kier molecular flexibility index (Phi) is 6.71. The maximum absolute atomic E-state index is 13.0. The number of benzene rings is 1. The van der Waals surface area contributed by atoms with E-state index in [1.165, 1.54) is 25.3 Å². The van der Waals surface area contributed by atoms with E-state index in [0.29, 0.717) is 17.9 Å². The molecule has 0 heterocycles. The number of hydrogen-bond acceptors (Lipinski definition) is 4. The summed E-state index contributed by atoms with van der Waals surface area (Å²) in [4.78, 5) is 0. The van der Waals surface area contributed by atoms with Crippen LogP contribution in [0.5, 0.6) is 0 Å². The molecule has 0 amide bonds. The molecule has 0 aromatic heterocycles. The molecule has 4 nitrogen and oxygen atoms in total. The van der Waals surface area contributed by atoms with E-state index in [2.05, 4.69) is 6.92 Å². The lowest BCUT2D eigenvalue weighted by Crippen LogP contribution is -2.26. The molecular formula is C12H19BFNO3. The van der Waals surface area contributed by atoms with Gasteiger partial charge in [-0.2, -0.15) is 0 Å². The molecule has 0 radical (unpaired) electrons. The SMILES string of the molecule is CCCCOB(OC)OCc1cc(F)ccc1N. The van der Waals surface area contributed by atoms with Gasteiger partial charge in [0.1, 0.15) is 5.82 Å². The zero-order valence-electron chi connectivity index (χ0n) is 10.8. The molecule has 18 heavy (non-hydrogen) atoms. The van der Waals surface area contributed by atoms with Gasteiger partial charge in [-0.05, 0) is 24.6 Å². The maximum Gasteiger partial charge on any atom is 0.639 e. The monoisotopic (exact) mass is 255 g/mol. The second-order valence-electron chi connectivity index (χ2n) is 3.90. The van der Waals surface area contributed by atoms with Crippen LogP contribution in [0.1, 0.15) is 25.3 Å². The van der Waals surface area contributed by atoms with Crippen molar-refractivity contribution in [2.75, 3.05) is 19.5 Å².